The van der Waals surface area contributed by atoms with Crippen LogP contribution in [0.4, 0.5) is 4.39 Å². The average Bonchev–Trinajstić information content (AvgIpc) is 2.68. The number of sulfonamides is 1. The van der Waals surface area contributed by atoms with Crippen LogP contribution in [-0.4, -0.2) is 38.7 Å². The molecule has 0 saturated carbocycles. The smallest absolute Gasteiger partial charge is 0.246 e. The maximum absolute atomic E-state index is 13.0. The Labute approximate surface area is 158 Å². The molecule has 1 aliphatic rings. The number of rotatable bonds is 5. The first-order chi connectivity index (χ1) is 12.8. The van der Waals surface area contributed by atoms with Crippen molar-refractivity contribution in [2.75, 3.05) is 20.2 Å². The molecular formula is C20H22FNO4S. The largest absolute Gasteiger partial charge is 0.495 e. The molecule has 1 fully saturated rings. The predicted octanol–water partition coefficient (Wildman–Crippen LogP) is 3.43. The van der Waals surface area contributed by atoms with Crippen LogP contribution in [0.5, 0.6) is 5.75 Å². The summed E-state index contributed by atoms with van der Waals surface area (Å²) in [4.78, 5) is 12.7. The molecule has 0 N–H and O–H groups in total. The van der Waals surface area contributed by atoms with Gasteiger partial charge in [-0.25, -0.2) is 12.8 Å². The molecule has 0 atom stereocenters. The van der Waals surface area contributed by atoms with Crippen LogP contribution in [0.1, 0.15) is 28.8 Å². The molecule has 2 aromatic carbocycles. The molecule has 1 heterocycles. The van der Waals surface area contributed by atoms with Crippen molar-refractivity contribution in [3.05, 3.63) is 59.4 Å². The van der Waals surface area contributed by atoms with Crippen molar-refractivity contribution < 1.29 is 22.3 Å². The number of benzene rings is 2. The third kappa shape index (κ3) is 4.04. The fourth-order valence-electron chi connectivity index (χ4n) is 3.33. The van der Waals surface area contributed by atoms with E-state index < -0.39 is 10.0 Å². The number of hydrogen-bond acceptors (Lipinski definition) is 4. The molecule has 144 valence electrons. The summed E-state index contributed by atoms with van der Waals surface area (Å²) in [5.41, 5.74) is 1.29. The van der Waals surface area contributed by atoms with Crippen molar-refractivity contribution in [1.82, 2.24) is 4.31 Å². The number of ketones is 1. The first-order valence-electron chi connectivity index (χ1n) is 8.77. The van der Waals surface area contributed by atoms with Crippen LogP contribution in [0.25, 0.3) is 0 Å². The molecule has 1 saturated heterocycles. The number of halogens is 1. The SMILES string of the molecule is COc1ccc(C)cc1S(=O)(=O)N1CCC(C(=O)c2ccc(F)cc2)CC1. The van der Waals surface area contributed by atoms with E-state index in [9.17, 15) is 17.6 Å². The highest BCUT2D eigenvalue weighted by Crippen LogP contribution is 2.31. The summed E-state index contributed by atoms with van der Waals surface area (Å²) in [6.45, 7) is 2.35. The van der Waals surface area contributed by atoms with Crippen LogP contribution < -0.4 is 4.74 Å². The van der Waals surface area contributed by atoms with E-state index in [0.717, 1.165) is 5.56 Å². The molecule has 0 aliphatic carbocycles. The first-order valence-corrected chi connectivity index (χ1v) is 10.2. The number of nitrogens with zero attached hydrogens (tertiary/aromatic N) is 1. The summed E-state index contributed by atoms with van der Waals surface area (Å²) in [5, 5.41) is 0. The Kier molecular flexibility index (Phi) is 5.62. The zero-order valence-corrected chi connectivity index (χ0v) is 16.1. The fourth-order valence-corrected chi connectivity index (χ4v) is 5.04. The molecule has 2 aromatic rings. The highest BCUT2D eigenvalue weighted by molar-refractivity contribution is 7.89. The highest BCUT2D eigenvalue weighted by atomic mass is 32.2. The van der Waals surface area contributed by atoms with Crippen molar-refractivity contribution in [3.63, 3.8) is 0 Å². The highest BCUT2D eigenvalue weighted by Gasteiger charge is 2.34. The van der Waals surface area contributed by atoms with Gasteiger partial charge in [-0.05, 0) is 61.7 Å². The number of hydrogen-bond donors (Lipinski definition) is 0. The molecule has 1 aliphatic heterocycles. The van der Waals surface area contributed by atoms with Gasteiger partial charge in [0.2, 0.25) is 10.0 Å². The Balaban J connectivity index is 1.74. The van der Waals surface area contributed by atoms with Crippen LogP contribution in [0.3, 0.4) is 0 Å². The molecule has 7 heteroatoms. The second-order valence-electron chi connectivity index (χ2n) is 6.70. The van der Waals surface area contributed by atoms with Gasteiger partial charge < -0.3 is 4.74 Å². The van der Waals surface area contributed by atoms with Gasteiger partial charge in [0.25, 0.3) is 0 Å². The topological polar surface area (TPSA) is 63.7 Å². The summed E-state index contributed by atoms with van der Waals surface area (Å²) < 4.78 is 45.7. The molecule has 0 radical (unpaired) electrons. The minimum atomic E-state index is -3.70. The van der Waals surface area contributed by atoms with Crippen LogP contribution in [0, 0.1) is 18.7 Å². The van der Waals surface area contributed by atoms with E-state index in [1.807, 2.05) is 6.92 Å². The van der Waals surface area contributed by atoms with Gasteiger partial charge in [0, 0.05) is 24.6 Å². The zero-order valence-electron chi connectivity index (χ0n) is 15.3. The zero-order chi connectivity index (χ0) is 19.6. The summed E-state index contributed by atoms with van der Waals surface area (Å²) in [6, 6.07) is 10.5. The summed E-state index contributed by atoms with van der Waals surface area (Å²) >= 11 is 0. The van der Waals surface area contributed by atoms with E-state index in [2.05, 4.69) is 0 Å². The van der Waals surface area contributed by atoms with Gasteiger partial charge in [0.05, 0.1) is 7.11 Å². The molecule has 27 heavy (non-hydrogen) atoms. The average molecular weight is 391 g/mol. The monoisotopic (exact) mass is 391 g/mol. The Bertz CT molecular complexity index is 933. The fraction of sp³-hybridized carbons (Fsp3) is 0.350. The van der Waals surface area contributed by atoms with Crippen LogP contribution in [-0.2, 0) is 10.0 Å². The van der Waals surface area contributed by atoms with Gasteiger partial charge in [-0.2, -0.15) is 4.31 Å². The van der Waals surface area contributed by atoms with E-state index in [4.69, 9.17) is 4.74 Å². The van der Waals surface area contributed by atoms with Crippen molar-refractivity contribution in [1.29, 1.82) is 0 Å². The predicted molar refractivity (Wildman–Crippen MR) is 99.9 cm³/mol. The minimum absolute atomic E-state index is 0.0693. The quantitative estimate of drug-likeness (QED) is 0.733. The van der Waals surface area contributed by atoms with E-state index >= 15 is 0 Å². The minimum Gasteiger partial charge on any atom is -0.495 e. The lowest BCUT2D eigenvalue weighted by molar-refractivity contribution is 0.0875. The Morgan fingerprint density at radius 3 is 2.33 bits per heavy atom. The van der Waals surface area contributed by atoms with Gasteiger partial charge in [-0.3, -0.25) is 4.79 Å². The normalized spacial score (nSPS) is 16.3. The Hall–Kier alpha value is -2.25. The Morgan fingerprint density at radius 1 is 1.11 bits per heavy atom. The number of Topliss-reactive ketones (excluding diaryl/α,β-unsaturated/α-hetero) is 1. The molecule has 0 bridgehead atoms. The van der Waals surface area contributed by atoms with Gasteiger partial charge in [0.15, 0.2) is 5.78 Å². The van der Waals surface area contributed by atoms with Gasteiger partial charge in [0.1, 0.15) is 16.5 Å². The molecular weight excluding hydrogens is 369 g/mol. The lowest BCUT2D eigenvalue weighted by atomic mass is 9.90. The van der Waals surface area contributed by atoms with E-state index in [1.54, 1.807) is 18.2 Å². The third-order valence-corrected chi connectivity index (χ3v) is 6.81. The lowest BCUT2D eigenvalue weighted by Gasteiger charge is -2.31. The summed E-state index contributed by atoms with van der Waals surface area (Å²) in [5.74, 6) is -0.411. The van der Waals surface area contributed by atoms with Gasteiger partial charge in [-0.15, -0.1) is 0 Å². The second-order valence-corrected chi connectivity index (χ2v) is 8.61. The number of aryl methyl sites for hydroxylation is 1. The number of ether oxygens (including phenoxy) is 1. The standard InChI is InChI=1S/C20H22FNO4S/c1-14-3-8-18(26-2)19(13-14)27(24,25)22-11-9-16(10-12-22)20(23)15-4-6-17(21)7-5-15/h3-8,13,16H,9-12H2,1-2H3. The second kappa shape index (κ2) is 7.78. The van der Waals surface area contributed by atoms with Crippen LogP contribution >= 0.6 is 0 Å². The maximum Gasteiger partial charge on any atom is 0.246 e. The van der Waals surface area contributed by atoms with E-state index in [1.165, 1.54) is 35.7 Å². The lowest BCUT2D eigenvalue weighted by Crippen LogP contribution is -2.40. The molecule has 0 spiro atoms. The molecule has 0 aromatic heterocycles. The number of piperidine rings is 1. The van der Waals surface area contributed by atoms with Crippen molar-refractivity contribution in [2.45, 2.75) is 24.7 Å². The number of carbonyl (C=O) groups excluding carboxylic acids is 1. The molecule has 0 amide bonds. The summed E-state index contributed by atoms with van der Waals surface area (Å²) in [6.07, 6.45) is 0.868. The number of carbonyl (C=O) groups is 1. The maximum atomic E-state index is 13.0. The summed E-state index contributed by atoms with van der Waals surface area (Å²) in [7, 11) is -2.26. The van der Waals surface area contributed by atoms with Crippen LogP contribution in [0.15, 0.2) is 47.4 Å². The first kappa shape index (κ1) is 19.5. The van der Waals surface area contributed by atoms with Crippen molar-refractivity contribution >= 4 is 15.8 Å². The van der Waals surface area contributed by atoms with Gasteiger partial charge >= 0.3 is 0 Å². The molecule has 5 nitrogen and oxygen atoms in total. The van der Waals surface area contributed by atoms with E-state index in [0.29, 0.717) is 24.2 Å². The van der Waals surface area contributed by atoms with Crippen LogP contribution in [0.2, 0.25) is 0 Å². The molecule has 3 rings (SSSR count). The number of methoxy groups -OCH3 is 1. The third-order valence-electron chi connectivity index (χ3n) is 4.89. The van der Waals surface area contributed by atoms with Gasteiger partial charge in [-0.1, -0.05) is 6.07 Å². The molecule has 0 unspecified atom stereocenters. The van der Waals surface area contributed by atoms with E-state index in [-0.39, 0.29) is 35.5 Å². The van der Waals surface area contributed by atoms with Crippen molar-refractivity contribution in [3.8, 4) is 5.75 Å². The van der Waals surface area contributed by atoms with Crippen molar-refractivity contribution in [2.24, 2.45) is 5.92 Å². The Morgan fingerprint density at radius 2 is 1.74 bits per heavy atom.